The molecule has 3 heterocycles. The van der Waals surface area contributed by atoms with Gasteiger partial charge in [0.15, 0.2) is 6.04 Å². The van der Waals surface area contributed by atoms with E-state index in [4.69, 9.17) is 19.3 Å². The zero-order valence-corrected chi connectivity index (χ0v) is 7.86. The molecule has 3 fully saturated rings. The Bertz CT molecular complexity index is 222. The molecule has 80 valence electrons. The number of fused-ring (bicyclic) bond motifs is 3. The van der Waals surface area contributed by atoms with Crippen molar-refractivity contribution < 1.29 is 24.1 Å². The molecular formula is C8H13NO5. The van der Waals surface area contributed by atoms with Gasteiger partial charge in [0, 0.05) is 5.92 Å². The predicted octanol–water partition coefficient (Wildman–Crippen LogP) is -0.994. The van der Waals surface area contributed by atoms with Crippen molar-refractivity contribution in [3.05, 3.63) is 0 Å². The highest BCUT2D eigenvalue weighted by Gasteiger charge is 2.53. The van der Waals surface area contributed by atoms with Gasteiger partial charge in [-0.3, -0.25) is 4.79 Å². The van der Waals surface area contributed by atoms with Crippen molar-refractivity contribution in [3.63, 3.8) is 0 Å². The maximum absolute atomic E-state index is 10.9. The van der Waals surface area contributed by atoms with E-state index in [1.807, 2.05) is 0 Å². The highest BCUT2D eigenvalue weighted by molar-refractivity contribution is 5.74. The zero-order valence-electron chi connectivity index (χ0n) is 7.86. The lowest BCUT2D eigenvalue weighted by atomic mass is 10.1. The first-order valence-corrected chi connectivity index (χ1v) is 4.50. The van der Waals surface area contributed by atoms with Gasteiger partial charge in [0.25, 0.3) is 0 Å². The van der Waals surface area contributed by atoms with Crippen molar-refractivity contribution in [2.45, 2.75) is 12.0 Å². The topological polar surface area (TPSA) is 77.0 Å². The molecule has 0 radical (unpaired) electrons. The predicted molar refractivity (Wildman–Crippen MR) is 44.6 cm³/mol. The number of aliphatic carboxylic acids is 1. The number of carboxylic acid groups (broad SMARTS) is 1. The van der Waals surface area contributed by atoms with Gasteiger partial charge in [0.1, 0.15) is 0 Å². The van der Waals surface area contributed by atoms with E-state index in [1.165, 1.54) is 7.05 Å². The Morgan fingerprint density at radius 1 is 1.43 bits per heavy atom. The molecule has 6 heteroatoms. The molecule has 0 aromatic carbocycles. The van der Waals surface area contributed by atoms with E-state index >= 15 is 0 Å². The maximum Gasteiger partial charge on any atom is 0.329 e. The molecule has 0 saturated carbocycles. The second-order valence-corrected chi connectivity index (χ2v) is 3.46. The standard InChI is InChI=1S/C8H13NO5/c1-9-6(7(10)11)8-12-2-5(3-13-8)4-14-8/h5-6,9H,2-4H2,1H3,(H,10,11). The van der Waals surface area contributed by atoms with Crippen molar-refractivity contribution in [1.82, 2.24) is 5.32 Å². The quantitative estimate of drug-likeness (QED) is 0.613. The molecule has 1 atom stereocenters. The molecule has 6 nitrogen and oxygen atoms in total. The van der Waals surface area contributed by atoms with Crippen molar-refractivity contribution in [2.75, 3.05) is 26.9 Å². The molecule has 0 amide bonds. The lowest BCUT2D eigenvalue weighted by Gasteiger charge is -2.47. The first kappa shape index (κ1) is 9.85. The van der Waals surface area contributed by atoms with Crippen LogP contribution in [0.2, 0.25) is 0 Å². The Hall–Kier alpha value is -0.690. The number of likely N-dealkylation sites (N-methyl/N-ethyl adjacent to an activating group) is 1. The molecule has 2 N–H and O–H groups in total. The van der Waals surface area contributed by atoms with Gasteiger partial charge in [-0.15, -0.1) is 0 Å². The summed E-state index contributed by atoms with van der Waals surface area (Å²) >= 11 is 0. The average Bonchev–Trinajstić information content (AvgIpc) is 2.20. The molecule has 3 rings (SSSR count). The van der Waals surface area contributed by atoms with E-state index in [-0.39, 0.29) is 5.92 Å². The second-order valence-electron chi connectivity index (χ2n) is 3.46. The molecule has 0 aliphatic carbocycles. The van der Waals surface area contributed by atoms with Crippen molar-refractivity contribution >= 4 is 5.97 Å². The minimum Gasteiger partial charge on any atom is -0.480 e. The molecule has 3 saturated heterocycles. The Balaban J connectivity index is 2.16. The van der Waals surface area contributed by atoms with E-state index in [0.29, 0.717) is 19.8 Å². The molecule has 0 aromatic rings. The van der Waals surface area contributed by atoms with Gasteiger partial charge in [-0.1, -0.05) is 0 Å². The van der Waals surface area contributed by atoms with Crippen LogP contribution in [0.5, 0.6) is 0 Å². The third-order valence-electron chi connectivity index (χ3n) is 2.45. The number of carboxylic acids is 1. The van der Waals surface area contributed by atoms with E-state index in [2.05, 4.69) is 5.32 Å². The first-order valence-electron chi connectivity index (χ1n) is 4.50. The van der Waals surface area contributed by atoms with E-state index in [9.17, 15) is 4.79 Å². The van der Waals surface area contributed by atoms with E-state index in [1.54, 1.807) is 0 Å². The number of ether oxygens (including phenoxy) is 3. The lowest BCUT2D eigenvalue weighted by Crippen LogP contribution is -2.65. The van der Waals surface area contributed by atoms with Crippen molar-refractivity contribution in [3.8, 4) is 0 Å². The number of rotatable bonds is 3. The third-order valence-corrected chi connectivity index (χ3v) is 2.45. The number of hydrogen-bond donors (Lipinski definition) is 2. The molecule has 0 aromatic heterocycles. The third kappa shape index (κ3) is 1.40. The number of carbonyl (C=O) groups is 1. The zero-order chi connectivity index (χ0) is 10.2. The van der Waals surface area contributed by atoms with E-state index < -0.39 is 18.0 Å². The summed E-state index contributed by atoms with van der Waals surface area (Å²) in [5, 5.41) is 11.5. The van der Waals surface area contributed by atoms with Gasteiger partial charge in [-0.05, 0) is 7.05 Å². The van der Waals surface area contributed by atoms with Crippen LogP contribution in [-0.2, 0) is 19.0 Å². The minimum absolute atomic E-state index is 0.225. The van der Waals surface area contributed by atoms with Crippen LogP contribution in [-0.4, -0.2) is 50.0 Å². The van der Waals surface area contributed by atoms with Gasteiger partial charge in [-0.2, -0.15) is 0 Å². The van der Waals surface area contributed by atoms with Crippen LogP contribution in [0.3, 0.4) is 0 Å². The molecule has 0 spiro atoms. The van der Waals surface area contributed by atoms with Gasteiger partial charge >= 0.3 is 11.9 Å². The molecule has 14 heavy (non-hydrogen) atoms. The summed E-state index contributed by atoms with van der Waals surface area (Å²) in [5.74, 6) is -2.26. The molecule has 3 aliphatic heterocycles. The second kappa shape index (κ2) is 3.47. The van der Waals surface area contributed by atoms with Gasteiger partial charge in [0.2, 0.25) is 0 Å². The molecular weight excluding hydrogens is 190 g/mol. The van der Waals surface area contributed by atoms with E-state index in [0.717, 1.165) is 0 Å². The van der Waals surface area contributed by atoms with Crippen LogP contribution in [0, 0.1) is 5.92 Å². The fourth-order valence-electron chi connectivity index (χ4n) is 1.67. The highest BCUT2D eigenvalue weighted by Crippen LogP contribution is 2.32. The fourth-order valence-corrected chi connectivity index (χ4v) is 1.67. The highest BCUT2D eigenvalue weighted by atomic mass is 16.9. The average molecular weight is 203 g/mol. The summed E-state index contributed by atoms with van der Waals surface area (Å²) in [6.45, 7) is 1.47. The van der Waals surface area contributed by atoms with Crippen molar-refractivity contribution in [1.29, 1.82) is 0 Å². The largest absolute Gasteiger partial charge is 0.480 e. The maximum atomic E-state index is 10.9. The van der Waals surface area contributed by atoms with Gasteiger partial charge in [0.05, 0.1) is 19.8 Å². The van der Waals surface area contributed by atoms with Crippen LogP contribution < -0.4 is 5.32 Å². The summed E-state index contributed by atoms with van der Waals surface area (Å²) in [5.41, 5.74) is 0. The molecule has 2 bridgehead atoms. The van der Waals surface area contributed by atoms with Gasteiger partial charge in [-0.25, -0.2) is 0 Å². The SMILES string of the molecule is CNC(C(=O)O)C12OCC(CO1)CO2. The van der Waals surface area contributed by atoms with Crippen LogP contribution in [0.15, 0.2) is 0 Å². The summed E-state index contributed by atoms with van der Waals surface area (Å²) < 4.78 is 15.9. The van der Waals surface area contributed by atoms with Crippen LogP contribution in [0.1, 0.15) is 0 Å². The van der Waals surface area contributed by atoms with Crippen LogP contribution in [0.25, 0.3) is 0 Å². The Morgan fingerprint density at radius 2 is 1.93 bits per heavy atom. The Labute approximate surface area is 81.1 Å². The lowest BCUT2D eigenvalue weighted by molar-refractivity contribution is -0.453. The summed E-state index contributed by atoms with van der Waals surface area (Å²) in [4.78, 5) is 10.9. The minimum atomic E-state index is -1.44. The summed E-state index contributed by atoms with van der Waals surface area (Å²) in [6, 6.07) is -0.997. The summed E-state index contributed by atoms with van der Waals surface area (Å²) in [7, 11) is 1.53. The van der Waals surface area contributed by atoms with Crippen molar-refractivity contribution in [2.24, 2.45) is 5.92 Å². The Morgan fingerprint density at radius 3 is 2.29 bits per heavy atom. The monoisotopic (exact) mass is 203 g/mol. The van der Waals surface area contributed by atoms with Crippen LogP contribution >= 0.6 is 0 Å². The first-order chi connectivity index (χ1) is 6.68. The summed E-state index contributed by atoms with van der Waals surface area (Å²) in [6.07, 6.45) is 0. The smallest absolute Gasteiger partial charge is 0.329 e. The molecule has 1 unspecified atom stereocenters. The van der Waals surface area contributed by atoms with Crippen LogP contribution in [0.4, 0.5) is 0 Å². The number of nitrogens with one attached hydrogen (secondary N) is 1. The fraction of sp³-hybridized carbons (Fsp3) is 0.875. The van der Waals surface area contributed by atoms with Gasteiger partial charge < -0.3 is 24.6 Å². The Kier molecular flexibility index (Phi) is 2.44. The number of hydrogen-bond acceptors (Lipinski definition) is 5. The normalized spacial score (nSPS) is 38.2. The molecule has 3 aliphatic rings.